The maximum absolute atomic E-state index is 13.5. The molecule has 0 spiro atoms. The number of methoxy groups -OCH3 is 2. The fraction of sp³-hybridized carbons (Fsp3) is 0.333. The normalized spacial score (nSPS) is 15.8. The Labute approximate surface area is 159 Å². The van der Waals surface area contributed by atoms with Gasteiger partial charge in [-0.05, 0) is 41.3 Å². The monoisotopic (exact) mass is 368 g/mol. The summed E-state index contributed by atoms with van der Waals surface area (Å²) in [5, 5.41) is 2.94. The Balaban J connectivity index is 2.14. The van der Waals surface area contributed by atoms with Gasteiger partial charge in [-0.15, -0.1) is 0 Å². The van der Waals surface area contributed by atoms with Crippen molar-refractivity contribution in [1.82, 2.24) is 10.2 Å². The van der Waals surface area contributed by atoms with Gasteiger partial charge in [0.2, 0.25) is 0 Å². The average Bonchev–Trinajstić information content (AvgIpc) is 2.93. The highest BCUT2D eigenvalue weighted by atomic mass is 16.5. The molecule has 0 saturated carbocycles. The summed E-state index contributed by atoms with van der Waals surface area (Å²) in [5.41, 5.74) is 0.0842. The average molecular weight is 368 g/mol. The van der Waals surface area contributed by atoms with Gasteiger partial charge in [0, 0.05) is 6.54 Å². The standard InChI is InChI=1S/C21H24N2O4/c1-14(2)13-23-19(24)21(22-20(23)25,15-5-9-17(26-3)10-6-15)16-7-11-18(27-4)12-8-16/h5-12,14H,13H2,1-4H3,(H,22,25). The summed E-state index contributed by atoms with van der Waals surface area (Å²) >= 11 is 0. The highest BCUT2D eigenvalue weighted by Crippen LogP contribution is 2.37. The summed E-state index contributed by atoms with van der Waals surface area (Å²) in [6.07, 6.45) is 0. The van der Waals surface area contributed by atoms with Gasteiger partial charge in [0.1, 0.15) is 11.5 Å². The Morgan fingerprint density at radius 2 is 1.33 bits per heavy atom. The topological polar surface area (TPSA) is 67.9 Å². The second kappa shape index (κ2) is 7.31. The number of nitrogens with zero attached hydrogens (tertiary/aromatic N) is 1. The van der Waals surface area contributed by atoms with Crippen LogP contribution in [0.2, 0.25) is 0 Å². The molecule has 0 unspecified atom stereocenters. The summed E-state index contributed by atoms with van der Waals surface area (Å²) in [4.78, 5) is 27.4. The quantitative estimate of drug-likeness (QED) is 0.796. The molecular formula is C21H24N2O4. The van der Waals surface area contributed by atoms with Crippen molar-refractivity contribution in [2.45, 2.75) is 19.4 Å². The molecule has 1 heterocycles. The molecule has 2 aromatic carbocycles. The predicted molar refractivity (Wildman–Crippen MR) is 102 cm³/mol. The van der Waals surface area contributed by atoms with Crippen molar-refractivity contribution in [2.75, 3.05) is 20.8 Å². The van der Waals surface area contributed by atoms with E-state index in [4.69, 9.17) is 9.47 Å². The first kappa shape index (κ1) is 18.8. The molecule has 3 amide bonds. The van der Waals surface area contributed by atoms with E-state index >= 15 is 0 Å². The first-order valence-electron chi connectivity index (χ1n) is 8.85. The minimum atomic E-state index is -1.27. The van der Waals surface area contributed by atoms with Crippen LogP contribution in [0.4, 0.5) is 4.79 Å². The molecule has 1 aliphatic rings. The van der Waals surface area contributed by atoms with Gasteiger partial charge in [-0.25, -0.2) is 4.79 Å². The molecule has 0 aliphatic carbocycles. The van der Waals surface area contributed by atoms with E-state index in [-0.39, 0.29) is 17.9 Å². The zero-order valence-corrected chi connectivity index (χ0v) is 16.0. The molecule has 3 rings (SSSR count). The van der Waals surface area contributed by atoms with Gasteiger partial charge < -0.3 is 14.8 Å². The van der Waals surface area contributed by atoms with Gasteiger partial charge in [0.05, 0.1) is 14.2 Å². The lowest BCUT2D eigenvalue weighted by atomic mass is 9.82. The predicted octanol–water partition coefficient (Wildman–Crippen LogP) is 3.16. The Morgan fingerprint density at radius 1 is 0.889 bits per heavy atom. The number of benzene rings is 2. The number of rotatable bonds is 6. The first-order valence-corrected chi connectivity index (χ1v) is 8.85. The van der Waals surface area contributed by atoms with Gasteiger partial charge in [-0.1, -0.05) is 38.1 Å². The fourth-order valence-corrected chi connectivity index (χ4v) is 3.35. The molecule has 6 nitrogen and oxygen atoms in total. The van der Waals surface area contributed by atoms with Crippen molar-refractivity contribution >= 4 is 11.9 Å². The van der Waals surface area contributed by atoms with Crippen LogP contribution in [-0.4, -0.2) is 37.6 Å². The third-order valence-corrected chi connectivity index (χ3v) is 4.70. The SMILES string of the molecule is COc1ccc(C2(c3ccc(OC)cc3)NC(=O)N(CC(C)C)C2=O)cc1. The van der Waals surface area contributed by atoms with Crippen LogP contribution in [0.25, 0.3) is 0 Å². The van der Waals surface area contributed by atoms with Crippen molar-refractivity contribution in [1.29, 1.82) is 0 Å². The lowest BCUT2D eigenvalue weighted by Crippen LogP contribution is -2.45. The Morgan fingerprint density at radius 3 is 1.70 bits per heavy atom. The zero-order chi connectivity index (χ0) is 19.6. The van der Waals surface area contributed by atoms with Gasteiger partial charge in [0.15, 0.2) is 5.54 Å². The van der Waals surface area contributed by atoms with E-state index in [2.05, 4.69) is 5.32 Å². The van der Waals surface area contributed by atoms with E-state index in [1.54, 1.807) is 62.8 Å². The number of ether oxygens (including phenoxy) is 2. The molecule has 142 valence electrons. The van der Waals surface area contributed by atoms with Crippen molar-refractivity contribution < 1.29 is 19.1 Å². The summed E-state index contributed by atoms with van der Waals surface area (Å²) in [7, 11) is 3.17. The molecule has 0 atom stereocenters. The smallest absolute Gasteiger partial charge is 0.325 e. The molecule has 6 heteroatoms. The van der Waals surface area contributed by atoms with Crippen LogP contribution < -0.4 is 14.8 Å². The van der Waals surface area contributed by atoms with E-state index in [0.717, 1.165) is 0 Å². The van der Waals surface area contributed by atoms with E-state index < -0.39 is 5.54 Å². The number of carbonyl (C=O) groups excluding carboxylic acids is 2. The van der Waals surface area contributed by atoms with E-state index in [1.165, 1.54) is 4.90 Å². The molecule has 1 N–H and O–H groups in total. The lowest BCUT2D eigenvalue weighted by molar-refractivity contribution is -0.130. The second-order valence-electron chi connectivity index (χ2n) is 6.95. The molecule has 1 fully saturated rings. The fourth-order valence-electron chi connectivity index (χ4n) is 3.35. The van der Waals surface area contributed by atoms with Crippen LogP contribution >= 0.6 is 0 Å². The van der Waals surface area contributed by atoms with E-state index in [9.17, 15) is 9.59 Å². The van der Waals surface area contributed by atoms with Gasteiger partial charge in [-0.3, -0.25) is 9.69 Å². The van der Waals surface area contributed by atoms with Crippen LogP contribution in [0.1, 0.15) is 25.0 Å². The third-order valence-electron chi connectivity index (χ3n) is 4.70. The van der Waals surface area contributed by atoms with Crippen LogP contribution in [0.3, 0.4) is 0 Å². The molecule has 0 aromatic heterocycles. The third kappa shape index (κ3) is 3.23. The Hall–Kier alpha value is -3.02. The number of hydrogen-bond acceptors (Lipinski definition) is 4. The number of imide groups is 1. The number of hydrogen-bond donors (Lipinski definition) is 1. The molecule has 2 aromatic rings. The summed E-state index contributed by atoms with van der Waals surface area (Å²) in [5.74, 6) is 1.25. The maximum Gasteiger partial charge on any atom is 0.325 e. The van der Waals surface area contributed by atoms with Gasteiger partial charge >= 0.3 is 6.03 Å². The molecule has 27 heavy (non-hydrogen) atoms. The highest BCUT2D eigenvalue weighted by molar-refractivity contribution is 6.09. The van der Waals surface area contributed by atoms with Crippen molar-refractivity contribution in [3.8, 4) is 11.5 Å². The second-order valence-corrected chi connectivity index (χ2v) is 6.95. The van der Waals surface area contributed by atoms with Crippen LogP contribution in [0.5, 0.6) is 11.5 Å². The summed E-state index contributed by atoms with van der Waals surface area (Å²) in [6.45, 7) is 4.31. The minimum Gasteiger partial charge on any atom is -0.497 e. The first-order chi connectivity index (χ1) is 12.9. The maximum atomic E-state index is 13.5. The number of amides is 3. The van der Waals surface area contributed by atoms with Gasteiger partial charge in [0.25, 0.3) is 5.91 Å². The van der Waals surface area contributed by atoms with Crippen LogP contribution in [-0.2, 0) is 10.3 Å². The Bertz CT molecular complexity index is 781. The Kier molecular flexibility index (Phi) is 5.08. The molecule has 0 bridgehead atoms. The van der Waals surface area contributed by atoms with Crippen molar-refractivity contribution in [3.05, 3.63) is 59.7 Å². The molecule has 1 aliphatic heterocycles. The highest BCUT2D eigenvalue weighted by Gasteiger charge is 2.53. The van der Waals surface area contributed by atoms with E-state index in [1.807, 2.05) is 13.8 Å². The lowest BCUT2D eigenvalue weighted by Gasteiger charge is -2.28. The largest absolute Gasteiger partial charge is 0.497 e. The van der Waals surface area contributed by atoms with Crippen molar-refractivity contribution in [3.63, 3.8) is 0 Å². The zero-order valence-electron chi connectivity index (χ0n) is 16.0. The number of carbonyl (C=O) groups is 2. The minimum absolute atomic E-state index is 0.169. The summed E-state index contributed by atoms with van der Waals surface area (Å²) in [6, 6.07) is 14.0. The van der Waals surface area contributed by atoms with E-state index in [0.29, 0.717) is 29.2 Å². The number of nitrogens with one attached hydrogen (secondary N) is 1. The summed E-state index contributed by atoms with van der Waals surface area (Å²) < 4.78 is 10.4. The van der Waals surface area contributed by atoms with Crippen LogP contribution in [0, 0.1) is 5.92 Å². The molecule has 0 radical (unpaired) electrons. The number of urea groups is 1. The van der Waals surface area contributed by atoms with Crippen LogP contribution in [0.15, 0.2) is 48.5 Å². The molecule has 1 saturated heterocycles. The molecular weight excluding hydrogens is 344 g/mol. The van der Waals surface area contributed by atoms with Crippen molar-refractivity contribution in [2.24, 2.45) is 5.92 Å². The van der Waals surface area contributed by atoms with Gasteiger partial charge in [-0.2, -0.15) is 0 Å².